The fourth-order valence-corrected chi connectivity index (χ4v) is 8.37. The summed E-state index contributed by atoms with van der Waals surface area (Å²) in [4.78, 5) is 13.7. The second-order valence-corrected chi connectivity index (χ2v) is 13.2. The largest absolute Gasteiger partial charge is 0.325 e. The normalized spacial score (nSPS) is 19.0. The summed E-state index contributed by atoms with van der Waals surface area (Å²) in [6.45, 7) is 4.80. The number of aryl methyl sites for hydroxylation is 2. The molecule has 0 unspecified atom stereocenters. The molecule has 0 aromatic heterocycles. The summed E-state index contributed by atoms with van der Waals surface area (Å²) in [6, 6.07) is 10.9. The molecule has 33 heavy (non-hydrogen) atoms. The quantitative estimate of drug-likeness (QED) is 0.664. The zero-order valence-electron chi connectivity index (χ0n) is 19.0. The van der Waals surface area contributed by atoms with Crippen molar-refractivity contribution in [3.8, 4) is 0 Å². The van der Waals surface area contributed by atoms with Crippen LogP contribution in [0.3, 0.4) is 0 Å². The van der Waals surface area contributed by atoms with Crippen LogP contribution in [0, 0.1) is 13.8 Å². The predicted octanol–water partition coefficient (Wildman–Crippen LogP) is 3.81. The van der Waals surface area contributed by atoms with Crippen molar-refractivity contribution in [2.45, 2.75) is 66.9 Å². The van der Waals surface area contributed by atoms with Gasteiger partial charge in [-0.25, -0.2) is 16.8 Å². The lowest BCUT2D eigenvalue weighted by atomic mass is 10.1. The van der Waals surface area contributed by atoms with E-state index in [0.717, 1.165) is 24.0 Å². The molecule has 0 bridgehead atoms. The molecule has 2 aliphatic rings. The van der Waals surface area contributed by atoms with Crippen LogP contribution in [-0.2, 0) is 24.7 Å². The van der Waals surface area contributed by atoms with Crippen LogP contribution in [0.1, 0.15) is 49.7 Å². The van der Waals surface area contributed by atoms with E-state index in [2.05, 4.69) is 5.32 Å². The van der Waals surface area contributed by atoms with E-state index in [0.29, 0.717) is 31.6 Å². The Kier molecular flexibility index (Phi) is 6.41. The molecule has 0 atom stereocenters. The topological polar surface area (TPSA) is 101 Å². The number of carbonyl (C=O) groups is 1. The molecule has 2 aromatic carbocycles. The fourth-order valence-electron chi connectivity index (χ4n) is 4.70. The van der Waals surface area contributed by atoms with Crippen LogP contribution in [0.4, 0.5) is 5.69 Å². The molecule has 1 heterocycles. The number of rotatable bonds is 6. The minimum absolute atomic E-state index is 0.162. The van der Waals surface area contributed by atoms with E-state index >= 15 is 0 Å². The van der Waals surface area contributed by atoms with Crippen molar-refractivity contribution in [3.05, 3.63) is 53.6 Å². The molecule has 9 heteroatoms. The van der Waals surface area contributed by atoms with Gasteiger partial charge >= 0.3 is 0 Å². The first-order chi connectivity index (χ1) is 15.6. The zero-order chi connectivity index (χ0) is 23.9. The van der Waals surface area contributed by atoms with E-state index in [1.54, 1.807) is 18.2 Å². The number of hydrogen-bond acceptors (Lipinski definition) is 5. The Morgan fingerprint density at radius 1 is 0.818 bits per heavy atom. The van der Waals surface area contributed by atoms with Crippen LogP contribution in [0.15, 0.2) is 52.3 Å². The fraction of sp³-hybridized carbons (Fsp3) is 0.458. The van der Waals surface area contributed by atoms with Gasteiger partial charge in [-0.2, -0.15) is 4.31 Å². The van der Waals surface area contributed by atoms with Crippen molar-refractivity contribution in [2.75, 3.05) is 18.4 Å². The zero-order valence-corrected chi connectivity index (χ0v) is 20.6. The molecule has 1 N–H and O–H groups in total. The molecule has 1 saturated carbocycles. The maximum Gasteiger partial charge on any atom is 0.246 e. The number of nitrogens with one attached hydrogen (secondary N) is 1. The van der Waals surface area contributed by atoms with Gasteiger partial charge in [0.1, 0.15) is 0 Å². The van der Waals surface area contributed by atoms with Crippen LogP contribution >= 0.6 is 0 Å². The number of carbonyl (C=O) groups excluding carboxylic acids is 1. The molecular formula is C24H30N2O5S2. The molecule has 7 nitrogen and oxygen atoms in total. The van der Waals surface area contributed by atoms with Crippen LogP contribution in [0.5, 0.6) is 0 Å². The Hall–Kier alpha value is -2.23. The first-order valence-electron chi connectivity index (χ1n) is 11.3. The molecule has 2 aromatic rings. The van der Waals surface area contributed by atoms with Gasteiger partial charge in [0.25, 0.3) is 0 Å². The van der Waals surface area contributed by atoms with Crippen molar-refractivity contribution in [1.29, 1.82) is 0 Å². The molecule has 1 aliphatic carbocycles. The Morgan fingerprint density at radius 2 is 1.39 bits per heavy atom. The van der Waals surface area contributed by atoms with Crippen molar-refractivity contribution in [2.24, 2.45) is 0 Å². The third-order valence-electron chi connectivity index (χ3n) is 6.94. The molecule has 1 saturated heterocycles. The maximum atomic E-state index is 13.6. The number of amides is 1. The average molecular weight is 491 g/mol. The maximum absolute atomic E-state index is 13.6. The Balaban J connectivity index is 1.60. The van der Waals surface area contributed by atoms with Crippen molar-refractivity contribution >= 4 is 31.5 Å². The van der Waals surface area contributed by atoms with Crippen LogP contribution in [0.25, 0.3) is 0 Å². The van der Waals surface area contributed by atoms with Crippen molar-refractivity contribution in [1.82, 2.24) is 4.31 Å². The van der Waals surface area contributed by atoms with Crippen LogP contribution in [0.2, 0.25) is 0 Å². The first-order valence-corrected chi connectivity index (χ1v) is 14.2. The summed E-state index contributed by atoms with van der Waals surface area (Å²) < 4.78 is 52.7. The average Bonchev–Trinajstić information content (AvgIpc) is 3.49. The summed E-state index contributed by atoms with van der Waals surface area (Å²) >= 11 is 0. The molecule has 2 fully saturated rings. The number of hydrogen-bond donors (Lipinski definition) is 1. The third-order valence-corrected chi connectivity index (χ3v) is 11.4. The Bertz CT molecular complexity index is 1260. The highest BCUT2D eigenvalue weighted by Crippen LogP contribution is 2.42. The minimum Gasteiger partial charge on any atom is -0.325 e. The summed E-state index contributed by atoms with van der Waals surface area (Å²) in [7, 11) is -7.47. The van der Waals surface area contributed by atoms with E-state index in [1.807, 2.05) is 13.8 Å². The van der Waals surface area contributed by atoms with Gasteiger partial charge in [-0.15, -0.1) is 0 Å². The van der Waals surface area contributed by atoms with Crippen LogP contribution < -0.4 is 5.32 Å². The lowest BCUT2D eigenvalue weighted by Crippen LogP contribution is -2.47. The van der Waals surface area contributed by atoms with Gasteiger partial charge in [0, 0.05) is 18.8 Å². The number of benzene rings is 2. The second kappa shape index (κ2) is 8.85. The highest BCUT2D eigenvalue weighted by molar-refractivity contribution is 7.93. The number of nitrogens with zero attached hydrogens (tertiary/aromatic N) is 1. The lowest BCUT2D eigenvalue weighted by molar-refractivity contribution is -0.118. The SMILES string of the molecule is Cc1ccc(S(=O)(=O)C2(C(=O)Nc3ccc(S(=O)(=O)N4CCCC4)cc3)CCCC2)cc1C. The number of sulfonamides is 1. The number of sulfone groups is 1. The van der Waals surface area contributed by atoms with Crippen molar-refractivity contribution < 1.29 is 21.6 Å². The van der Waals surface area contributed by atoms with Gasteiger partial charge in [0.15, 0.2) is 14.6 Å². The molecular weight excluding hydrogens is 460 g/mol. The monoisotopic (exact) mass is 490 g/mol. The number of anilines is 1. The first kappa shape index (κ1) is 23.9. The minimum atomic E-state index is -3.92. The molecule has 0 spiro atoms. The smallest absolute Gasteiger partial charge is 0.246 e. The van der Waals surface area contributed by atoms with E-state index in [4.69, 9.17) is 0 Å². The summed E-state index contributed by atoms with van der Waals surface area (Å²) in [5, 5.41) is 2.75. The molecule has 178 valence electrons. The van der Waals surface area contributed by atoms with Gasteiger partial charge in [0.05, 0.1) is 9.79 Å². The highest BCUT2D eigenvalue weighted by Gasteiger charge is 2.53. The summed E-state index contributed by atoms with van der Waals surface area (Å²) in [5.74, 6) is -0.562. The van der Waals surface area contributed by atoms with Gasteiger partial charge in [0.2, 0.25) is 15.9 Å². The Labute approximate surface area is 196 Å². The Morgan fingerprint density at radius 3 is 1.97 bits per heavy atom. The lowest BCUT2D eigenvalue weighted by Gasteiger charge is -2.28. The molecule has 4 rings (SSSR count). The predicted molar refractivity (Wildman–Crippen MR) is 127 cm³/mol. The third kappa shape index (κ3) is 4.22. The molecule has 1 aliphatic heterocycles. The van der Waals surface area contributed by atoms with Gasteiger partial charge in [-0.3, -0.25) is 4.79 Å². The van der Waals surface area contributed by atoms with Gasteiger partial charge in [-0.1, -0.05) is 18.9 Å². The summed E-state index contributed by atoms with van der Waals surface area (Å²) in [5.41, 5.74) is 2.23. The standard InChI is InChI=1S/C24H30N2O5S2/c1-18-7-10-22(17-19(18)2)32(28,29)24(13-3-4-14-24)23(27)25-20-8-11-21(12-9-20)33(30,31)26-15-5-6-16-26/h7-12,17H,3-6,13-16H2,1-2H3,(H,25,27). The van der Waals surface area contributed by atoms with E-state index in [1.165, 1.54) is 28.6 Å². The van der Waals surface area contributed by atoms with Gasteiger partial charge < -0.3 is 5.32 Å². The van der Waals surface area contributed by atoms with E-state index in [9.17, 15) is 21.6 Å². The second-order valence-electron chi connectivity index (χ2n) is 9.04. The van der Waals surface area contributed by atoms with E-state index < -0.39 is 30.5 Å². The molecule has 0 radical (unpaired) electrons. The molecule has 1 amide bonds. The van der Waals surface area contributed by atoms with Crippen LogP contribution in [-0.4, -0.2) is 44.9 Å². The van der Waals surface area contributed by atoms with Crippen molar-refractivity contribution in [3.63, 3.8) is 0 Å². The van der Waals surface area contributed by atoms with Gasteiger partial charge in [-0.05, 0) is 87.1 Å². The highest BCUT2D eigenvalue weighted by atomic mass is 32.2. The van der Waals surface area contributed by atoms with E-state index in [-0.39, 0.29) is 22.6 Å². The summed E-state index contributed by atoms with van der Waals surface area (Å²) in [6.07, 6.45) is 3.54.